The van der Waals surface area contributed by atoms with E-state index in [1.54, 1.807) is 0 Å². The molecule has 1 aliphatic rings. The van der Waals surface area contributed by atoms with Crippen molar-refractivity contribution < 1.29 is 5.11 Å². The molecule has 3 heteroatoms. The molecule has 2 rings (SSSR count). The fraction of sp³-hybridized carbons (Fsp3) is 0.533. The summed E-state index contributed by atoms with van der Waals surface area (Å²) in [5.74, 6) is 0.588. The van der Waals surface area contributed by atoms with Crippen molar-refractivity contribution in [3.63, 3.8) is 0 Å². The van der Waals surface area contributed by atoms with E-state index < -0.39 is 0 Å². The first kappa shape index (κ1) is 13.1. The predicted octanol–water partition coefficient (Wildman–Crippen LogP) is 2.17. The van der Waals surface area contributed by atoms with Crippen LogP contribution in [0.5, 0.6) is 0 Å². The van der Waals surface area contributed by atoms with Crippen LogP contribution in [0, 0.1) is 11.3 Å². The molecular weight excluding hydrogens is 224 g/mol. The summed E-state index contributed by atoms with van der Waals surface area (Å²) < 4.78 is 0. The van der Waals surface area contributed by atoms with Crippen molar-refractivity contribution >= 4 is 0 Å². The van der Waals surface area contributed by atoms with Crippen molar-refractivity contribution in [1.82, 2.24) is 5.32 Å². The van der Waals surface area contributed by atoms with Gasteiger partial charge in [-0.1, -0.05) is 12.1 Å². The zero-order chi connectivity index (χ0) is 12.8. The zero-order valence-electron chi connectivity index (χ0n) is 10.6. The molecule has 1 aliphatic carbocycles. The summed E-state index contributed by atoms with van der Waals surface area (Å²) in [7, 11) is 0. The smallest absolute Gasteiger partial charge is 0.0991 e. The molecule has 0 unspecified atom stereocenters. The Morgan fingerprint density at radius 1 is 1.28 bits per heavy atom. The number of aliphatic hydroxyl groups excluding tert-OH is 1. The van der Waals surface area contributed by atoms with E-state index in [-0.39, 0.29) is 6.61 Å². The number of rotatable bonds is 4. The van der Waals surface area contributed by atoms with E-state index in [1.807, 2.05) is 18.2 Å². The van der Waals surface area contributed by atoms with Crippen molar-refractivity contribution in [2.45, 2.75) is 37.6 Å². The fourth-order valence-corrected chi connectivity index (χ4v) is 2.76. The fourth-order valence-electron chi connectivity index (χ4n) is 2.76. The summed E-state index contributed by atoms with van der Waals surface area (Å²) >= 11 is 0. The Kier molecular flexibility index (Phi) is 4.74. The van der Waals surface area contributed by atoms with Gasteiger partial charge in [0.2, 0.25) is 0 Å². The van der Waals surface area contributed by atoms with Gasteiger partial charge < -0.3 is 10.4 Å². The van der Waals surface area contributed by atoms with Crippen LogP contribution < -0.4 is 5.32 Å². The van der Waals surface area contributed by atoms with Crippen LogP contribution in [0.2, 0.25) is 0 Å². The summed E-state index contributed by atoms with van der Waals surface area (Å²) in [4.78, 5) is 0. The van der Waals surface area contributed by atoms with Gasteiger partial charge in [-0.25, -0.2) is 0 Å². The minimum atomic E-state index is 0.212. The van der Waals surface area contributed by atoms with Crippen LogP contribution in [0.25, 0.3) is 0 Å². The maximum atomic E-state index is 8.92. The highest BCUT2D eigenvalue weighted by atomic mass is 16.3. The molecule has 1 saturated carbocycles. The summed E-state index contributed by atoms with van der Waals surface area (Å²) in [5.41, 5.74) is 2.06. The quantitative estimate of drug-likeness (QED) is 0.853. The van der Waals surface area contributed by atoms with E-state index in [9.17, 15) is 0 Å². The van der Waals surface area contributed by atoms with E-state index in [0.29, 0.717) is 18.5 Å². The number of nitriles is 1. The van der Waals surface area contributed by atoms with Crippen LogP contribution in [0.4, 0.5) is 0 Å². The third-order valence-corrected chi connectivity index (χ3v) is 3.76. The van der Waals surface area contributed by atoms with E-state index in [2.05, 4.69) is 17.5 Å². The Balaban J connectivity index is 1.91. The van der Waals surface area contributed by atoms with Crippen LogP contribution in [-0.4, -0.2) is 24.3 Å². The third-order valence-electron chi connectivity index (χ3n) is 3.76. The average Bonchev–Trinajstić information content (AvgIpc) is 2.46. The molecule has 2 N–H and O–H groups in total. The molecule has 0 aliphatic heterocycles. The second kappa shape index (κ2) is 6.53. The molecule has 1 aromatic carbocycles. The summed E-state index contributed by atoms with van der Waals surface area (Å²) in [5, 5.41) is 21.1. The predicted molar refractivity (Wildman–Crippen MR) is 71.2 cm³/mol. The van der Waals surface area contributed by atoms with Gasteiger partial charge >= 0.3 is 0 Å². The molecular formula is C15H20N2O. The van der Waals surface area contributed by atoms with Crippen molar-refractivity contribution in [2.75, 3.05) is 13.2 Å². The molecule has 0 amide bonds. The topological polar surface area (TPSA) is 56.0 Å². The number of aliphatic hydroxyl groups is 1. The first-order chi connectivity index (χ1) is 8.83. The number of benzene rings is 1. The van der Waals surface area contributed by atoms with Gasteiger partial charge in [0.1, 0.15) is 0 Å². The van der Waals surface area contributed by atoms with Crippen LogP contribution in [0.15, 0.2) is 24.3 Å². The molecule has 0 aromatic heterocycles. The highest BCUT2D eigenvalue weighted by Gasteiger charge is 2.21. The van der Waals surface area contributed by atoms with Crippen molar-refractivity contribution in [2.24, 2.45) is 0 Å². The van der Waals surface area contributed by atoms with Gasteiger partial charge in [0.15, 0.2) is 0 Å². The molecule has 1 fully saturated rings. The van der Waals surface area contributed by atoms with Crippen molar-refractivity contribution in [3.05, 3.63) is 35.4 Å². The van der Waals surface area contributed by atoms with Crippen molar-refractivity contribution in [3.8, 4) is 6.07 Å². The van der Waals surface area contributed by atoms with Gasteiger partial charge in [0, 0.05) is 12.6 Å². The Morgan fingerprint density at radius 2 is 2.06 bits per heavy atom. The van der Waals surface area contributed by atoms with Gasteiger partial charge in [0.05, 0.1) is 18.2 Å². The van der Waals surface area contributed by atoms with E-state index >= 15 is 0 Å². The number of hydrogen-bond donors (Lipinski definition) is 2. The largest absolute Gasteiger partial charge is 0.395 e. The standard InChI is InChI=1S/C15H20N2O/c16-11-12-2-1-3-14(10-12)13-4-6-15(7-5-13)17-8-9-18/h1-3,10,13,15,17-18H,4-9H2/t13-,15-. The monoisotopic (exact) mass is 244 g/mol. The van der Waals surface area contributed by atoms with Gasteiger partial charge in [-0.2, -0.15) is 5.26 Å². The van der Waals surface area contributed by atoms with Gasteiger partial charge in [-0.3, -0.25) is 0 Å². The van der Waals surface area contributed by atoms with E-state index in [0.717, 1.165) is 31.2 Å². The first-order valence-corrected chi connectivity index (χ1v) is 6.68. The van der Waals surface area contributed by atoms with Crippen molar-refractivity contribution in [1.29, 1.82) is 5.26 Å². The van der Waals surface area contributed by atoms with Gasteiger partial charge in [0.25, 0.3) is 0 Å². The maximum absolute atomic E-state index is 8.92. The van der Waals surface area contributed by atoms with E-state index in [1.165, 1.54) is 5.56 Å². The van der Waals surface area contributed by atoms with E-state index in [4.69, 9.17) is 10.4 Å². The average molecular weight is 244 g/mol. The summed E-state index contributed by atoms with van der Waals surface area (Å²) in [6, 6.07) is 10.7. The van der Waals surface area contributed by atoms with Gasteiger partial charge in [-0.15, -0.1) is 0 Å². The number of hydrogen-bond acceptors (Lipinski definition) is 3. The van der Waals surface area contributed by atoms with Crippen LogP contribution >= 0.6 is 0 Å². The second-order valence-corrected chi connectivity index (χ2v) is 4.96. The Hall–Kier alpha value is -1.37. The summed E-state index contributed by atoms with van der Waals surface area (Å²) in [6.07, 6.45) is 4.64. The normalized spacial score (nSPS) is 23.6. The highest BCUT2D eigenvalue weighted by Crippen LogP contribution is 2.33. The highest BCUT2D eigenvalue weighted by molar-refractivity contribution is 5.34. The Morgan fingerprint density at radius 3 is 2.72 bits per heavy atom. The molecule has 0 saturated heterocycles. The maximum Gasteiger partial charge on any atom is 0.0991 e. The lowest BCUT2D eigenvalue weighted by molar-refractivity contribution is 0.267. The van der Waals surface area contributed by atoms with Crippen LogP contribution in [0.1, 0.15) is 42.7 Å². The Labute approximate surface area is 108 Å². The second-order valence-electron chi connectivity index (χ2n) is 4.96. The molecule has 3 nitrogen and oxygen atoms in total. The minimum absolute atomic E-state index is 0.212. The number of nitrogens with one attached hydrogen (secondary N) is 1. The van der Waals surface area contributed by atoms with Crippen LogP contribution in [-0.2, 0) is 0 Å². The lowest BCUT2D eigenvalue weighted by atomic mass is 9.81. The lowest BCUT2D eigenvalue weighted by Gasteiger charge is -2.29. The van der Waals surface area contributed by atoms with Crippen LogP contribution in [0.3, 0.4) is 0 Å². The molecule has 18 heavy (non-hydrogen) atoms. The minimum Gasteiger partial charge on any atom is -0.395 e. The summed E-state index contributed by atoms with van der Waals surface area (Å²) in [6.45, 7) is 0.906. The molecule has 96 valence electrons. The molecule has 0 bridgehead atoms. The molecule has 0 radical (unpaired) electrons. The molecule has 0 heterocycles. The molecule has 1 aromatic rings. The Bertz CT molecular complexity index is 417. The zero-order valence-corrected chi connectivity index (χ0v) is 10.6. The molecule has 0 atom stereocenters. The molecule has 0 spiro atoms. The SMILES string of the molecule is N#Cc1cccc([C@H]2CC[C@H](NCCO)CC2)c1. The third kappa shape index (κ3) is 3.32. The first-order valence-electron chi connectivity index (χ1n) is 6.68. The lowest BCUT2D eigenvalue weighted by Crippen LogP contribution is -2.34. The van der Waals surface area contributed by atoms with Gasteiger partial charge in [-0.05, 0) is 49.3 Å². The number of nitrogens with zero attached hydrogens (tertiary/aromatic N) is 1.